The van der Waals surface area contributed by atoms with Crippen LogP contribution in [0.3, 0.4) is 0 Å². The minimum Gasteiger partial charge on any atom is -0.309 e. The van der Waals surface area contributed by atoms with E-state index in [-0.39, 0.29) is 0 Å². The fraction of sp³-hybridized carbons (Fsp3) is 0. The molecular weight excluding hydrogens is 659 g/mol. The molecule has 5 heteroatoms. The smallest absolute Gasteiger partial charge is 0.164 e. The number of hydrogen-bond acceptors (Lipinski definition) is 3. The summed E-state index contributed by atoms with van der Waals surface area (Å²) in [6.45, 7) is 0. The van der Waals surface area contributed by atoms with Crippen molar-refractivity contribution >= 4 is 54.4 Å². The second kappa shape index (κ2) is 12.1. The Morgan fingerprint density at radius 2 is 0.759 bits per heavy atom. The molecule has 0 aliphatic heterocycles. The Hall–Kier alpha value is -7.37. The summed E-state index contributed by atoms with van der Waals surface area (Å²) in [4.78, 5) is 14.9. The van der Waals surface area contributed by atoms with Crippen LogP contribution in [0.25, 0.3) is 99.9 Å². The predicted molar refractivity (Wildman–Crippen MR) is 222 cm³/mol. The highest BCUT2D eigenvalue weighted by atomic mass is 15.0. The van der Waals surface area contributed by atoms with E-state index in [1.165, 1.54) is 43.6 Å². The van der Waals surface area contributed by atoms with Crippen LogP contribution in [0.15, 0.2) is 188 Å². The number of benzene rings is 8. The zero-order valence-electron chi connectivity index (χ0n) is 29.1. The van der Waals surface area contributed by atoms with Gasteiger partial charge in [0, 0.05) is 49.6 Å². The van der Waals surface area contributed by atoms with Crippen molar-refractivity contribution in [3.8, 4) is 45.5 Å². The molecule has 5 nitrogen and oxygen atoms in total. The van der Waals surface area contributed by atoms with Crippen molar-refractivity contribution in [2.45, 2.75) is 0 Å². The molecule has 3 aromatic heterocycles. The first-order valence-electron chi connectivity index (χ1n) is 18.2. The van der Waals surface area contributed by atoms with Crippen molar-refractivity contribution in [2.24, 2.45) is 0 Å². The summed E-state index contributed by atoms with van der Waals surface area (Å²) >= 11 is 0. The molecule has 0 unspecified atom stereocenters. The maximum Gasteiger partial charge on any atom is 0.164 e. The van der Waals surface area contributed by atoms with Crippen molar-refractivity contribution in [3.05, 3.63) is 188 Å². The van der Waals surface area contributed by atoms with Crippen LogP contribution < -0.4 is 0 Å². The minimum absolute atomic E-state index is 0.643. The predicted octanol–water partition coefficient (Wildman–Crippen LogP) is 12.2. The largest absolute Gasteiger partial charge is 0.309 e. The Morgan fingerprint density at radius 3 is 1.33 bits per heavy atom. The molecule has 11 aromatic rings. The molecule has 11 rings (SSSR count). The van der Waals surface area contributed by atoms with Gasteiger partial charge in [-0.25, -0.2) is 15.0 Å². The van der Waals surface area contributed by atoms with Gasteiger partial charge in [-0.15, -0.1) is 0 Å². The first-order valence-corrected chi connectivity index (χ1v) is 18.2. The highest BCUT2D eigenvalue weighted by molar-refractivity contribution is 6.29. The minimum atomic E-state index is 0.643. The van der Waals surface area contributed by atoms with Crippen LogP contribution in [0.4, 0.5) is 0 Å². The molecule has 8 aromatic carbocycles. The lowest BCUT2D eigenvalue weighted by Crippen LogP contribution is -2.00. The SMILES string of the molecule is c1ccc(-c2nc(-c3ccccc3)nc(-c3ccc4ccc(-n5c6ccccc6c6c7c8ccccc8n(-c8ccccc8)c7ccc65)cc4c3)n2)cc1. The molecule has 0 saturated carbocycles. The number of hydrogen-bond donors (Lipinski definition) is 0. The lowest BCUT2D eigenvalue weighted by molar-refractivity contribution is 1.07. The van der Waals surface area contributed by atoms with Gasteiger partial charge in [0.05, 0.1) is 22.1 Å². The van der Waals surface area contributed by atoms with Gasteiger partial charge in [0.1, 0.15) is 0 Å². The summed E-state index contributed by atoms with van der Waals surface area (Å²) < 4.78 is 4.80. The number of para-hydroxylation sites is 3. The molecule has 0 atom stereocenters. The van der Waals surface area contributed by atoms with Crippen LogP contribution in [0.2, 0.25) is 0 Å². The van der Waals surface area contributed by atoms with E-state index in [4.69, 9.17) is 15.0 Å². The molecule has 54 heavy (non-hydrogen) atoms. The maximum atomic E-state index is 5.01. The van der Waals surface area contributed by atoms with E-state index in [0.29, 0.717) is 17.5 Å². The van der Waals surface area contributed by atoms with Gasteiger partial charge in [0.25, 0.3) is 0 Å². The van der Waals surface area contributed by atoms with Crippen molar-refractivity contribution < 1.29 is 0 Å². The standard InChI is InChI=1S/C49H31N5/c1-4-14-33(15-5-1)47-50-48(34-16-6-2-7-17-34)52-49(51-47)35-25-24-32-26-27-38(31-36(32)30-35)54-42-23-13-11-21-40(42)46-44(54)29-28-43-45(46)39-20-10-12-22-41(39)53(43)37-18-8-3-9-19-37/h1-31H. The summed E-state index contributed by atoms with van der Waals surface area (Å²) in [5, 5.41) is 7.26. The van der Waals surface area contributed by atoms with Crippen LogP contribution >= 0.6 is 0 Å². The van der Waals surface area contributed by atoms with Crippen LogP contribution in [-0.2, 0) is 0 Å². The van der Waals surface area contributed by atoms with Crippen molar-refractivity contribution in [3.63, 3.8) is 0 Å². The first kappa shape index (κ1) is 30.3. The average molecular weight is 690 g/mol. The van der Waals surface area contributed by atoms with Crippen molar-refractivity contribution in [1.82, 2.24) is 24.1 Å². The number of fused-ring (bicyclic) bond motifs is 8. The molecule has 0 saturated heterocycles. The van der Waals surface area contributed by atoms with E-state index in [0.717, 1.165) is 38.8 Å². The normalized spacial score (nSPS) is 11.7. The van der Waals surface area contributed by atoms with Crippen LogP contribution in [0.1, 0.15) is 0 Å². The monoisotopic (exact) mass is 689 g/mol. The summed E-state index contributed by atoms with van der Waals surface area (Å²) in [5.41, 5.74) is 9.84. The Balaban J connectivity index is 1.12. The van der Waals surface area contributed by atoms with E-state index in [1.807, 2.05) is 60.7 Å². The van der Waals surface area contributed by atoms with Gasteiger partial charge in [-0.05, 0) is 65.4 Å². The van der Waals surface area contributed by atoms with Gasteiger partial charge in [0.2, 0.25) is 0 Å². The maximum absolute atomic E-state index is 5.01. The Kier molecular flexibility index (Phi) is 6.79. The van der Waals surface area contributed by atoms with E-state index < -0.39 is 0 Å². The second-order valence-electron chi connectivity index (χ2n) is 13.7. The first-order chi connectivity index (χ1) is 26.8. The number of aromatic nitrogens is 5. The molecule has 252 valence electrons. The molecule has 0 fully saturated rings. The van der Waals surface area contributed by atoms with Crippen LogP contribution in [0, 0.1) is 0 Å². The quantitative estimate of drug-likeness (QED) is 0.181. The molecular formula is C49H31N5. The van der Waals surface area contributed by atoms with Gasteiger partial charge in [-0.2, -0.15) is 0 Å². The fourth-order valence-electron chi connectivity index (χ4n) is 8.10. The molecule has 0 aliphatic rings. The number of rotatable bonds is 5. The van der Waals surface area contributed by atoms with Gasteiger partial charge >= 0.3 is 0 Å². The van der Waals surface area contributed by atoms with Gasteiger partial charge in [-0.1, -0.05) is 133 Å². The topological polar surface area (TPSA) is 48.5 Å². The molecule has 0 bridgehead atoms. The lowest BCUT2D eigenvalue weighted by atomic mass is 10.0. The summed E-state index contributed by atoms with van der Waals surface area (Å²) in [5.74, 6) is 1.95. The van der Waals surface area contributed by atoms with Crippen molar-refractivity contribution in [1.29, 1.82) is 0 Å². The molecule has 0 aliphatic carbocycles. The van der Waals surface area contributed by atoms with E-state index in [2.05, 4.69) is 137 Å². The Morgan fingerprint density at radius 1 is 0.296 bits per heavy atom. The van der Waals surface area contributed by atoms with Crippen molar-refractivity contribution in [2.75, 3.05) is 0 Å². The van der Waals surface area contributed by atoms with Crippen LogP contribution in [0.5, 0.6) is 0 Å². The molecule has 0 amide bonds. The molecule has 0 radical (unpaired) electrons. The van der Waals surface area contributed by atoms with E-state index in [1.54, 1.807) is 0 Å². The summed E-state index contributed by atoms with van der Waals surface area (Å²) in [6.07, 6.45) is 0. The molecule has 3 heterocycles. The second-order valence-corrected chi connectivity index (χ2v) is 13.7. The van der Waals surface area contributed by atoms with E-state index >= 15 is 0 Å². The third kappa shape index (κ3) is 4.76. The van der Waals surface area contributed by atoms with Gasteiger partial charge in [0.15, 0.2) is 17.5 Å². The third-order valence-corrected chi connectivity index (χ3v) is 10.5. The highest BCUT2D eigenvalue weighted by Gasteiger charge is 2.20. The van der Waals surface area contributed by atoms with Gasteiger partial charge in [-0.3, -0.25) is 0 Å². The lowest BCUT2D eigenvalue weighted by Gasteiger charge is -2.11. The highest BCUT2D eigenvalue weighted by Crippen LogP contribution is 2.42. The zero-order chi connectivity index (χ0) is 35.6. The Labute approximate surface area is 311 Å². The average Bonchev–Trinajstić information content (AvgIpc) is 3.77. The molecule has 0 N–H and O–H groups in total. The molecule has 0 spiro atoms. The number of nitrogens with zero attached hydrogens (tertiary/aromatic N) is 5. The summed E-state index contributed by atoms with van der Waals surface area (Å²) in [6, 6.07) is 66.2. The zero-order valence-corrected chi connectivity index (χ0v) is 29.1. The van der Waals surface area contributed by atoms with Gasteiger partial charge < -0.3 is 9.13 Å². The Bertz CT molecular complexity index is 3140. The summed E-state index contributed by atoms with van der Waals surface area (Å²) in [7, 11) is 0. The van der Waals surface area contributed by atoms with E-state index in [9.17, 15) is 0 Å². The fourth-order valence-corrected chi connectivity index (χ4v) is 8.10. The third-order valence-electron chi connectivity index (χ3n) is 10.5. The van der Waals surface area contributed by atoms with Crippen LogP contribution in [-0.4, -0.2) is 24.1 Å².